The van der Waals surface area contributed by atoms with Crippen molar-refractivity contribution in [1.82, 2.24) is 0 Å². The van der Waals surface area contributed by atoms with E-state index in [0.717, 1.165) is 5.56 Å². The highest BCUT2D eigenvalue weighted by Gasteiger charge is 2.09. The third kappa shape index (κ3) is 6.29. The quantitative estimate of drug-likeness (QED) is 0.232. The Balaban J connectivity index is 1.69. The van der Waals surface area contributed by atoms with Gasteiger partial charge in [-0.3, -0.25) is 4.99 Å². The molecule has 3 rings (SSSR count). The molecule has 0 saturated heterocycles. The molecule has 0 saturated carbocycles. The van der Waals surface area contributed by atoms with Gasteiger partial charge in [0.05, 0.1) is 18.4 Å². The minimum atomic E-state index is -0.993. The van der Waals surface area contributed by atoms with Crippen LogP contribution in [0.25, 0.3) is 6.08 Å². The fourth-order valence-electron chi connectivity index (χ4n) is 2.60. The number of ether oxygens (including phenoxy) is 2. The zero-order valence-electron chi connectivity index (χ0n) is 16.5. The third-order valence-electron chi connectivity index (χ3n) is 4.14. The molecular weight excluding hydrogens is 418 g/mol. The Bertz CT molecular complexity index is 1150. The summed E-state index contributed by atoms with van der Waals surface area (Å²) in [5, 5.41) is 9.51. The first-order valence-corrected chi connectivity index (χ1v) is 9.53. The maximum atomic E-state index is 12.1. The van der Waals surface area contributed by atoms with Gasteiger partial charge in [0.15, 0.2) is 11.5 Å². The van der Waals surface area contributed by atoms with Crippen molar-refractivity contribution in [1.29, 1.82) is 0 Å². The molecule has 6 nitrogen and oxygen atoms in total. The molecule has 1 N–H and O–H groups in total. The van der Waals surface area contributed by atoms with Crippen LogP contribution in [0.15, 0.2) is 77.8 Å². The van der Waals surface area contributed by atoms with Crippen molar-refractivity contribution in [3.05, 3.63) is 94.5 Å². The standard InChI is InChI=1S/C24H18ClNO5/c1-30-22-14-17(15-26-20-9-7-18(8-10-20)24(28)29)5-11-21(22)31-23(27)12-6-16-3-2-4-19(25)13-16/h2-15H,1H3,(H,28,29)/b12-6+,26-15?. The summed E-state index contributed by atoms with van der Waals surface area (Å²) in [6, 6.07) is 18.3. The predicted octanol–water partition coefficient (Wildman–Crippen LogP) is 5.42. The molecule has 0 aliphatic carbocycles. The number of rotatable bonds is 7. The summed E-state index contributed by atoms with van der Waals surface area (Å²) in [5.74, 6) is -0.910. The largest absolute Gasteiger partial charge is 0.493 e. The van der Waals surface area contributed by atoms with Gasteiger partial charge in [-0.15, -0.1) is 0 Å². The highest BCUT2D eigenvalue weighted by Crippen LogP contribution is 2.28. The molecular formula is C24H18ClNO5. The highest BCUT2D eigenvalue weighted by atomic mass is 35.5. The summed E-state index contributed by atoms with van der Waals surface area (Å²) in [5.41, 5.74) is 2.29. The zero-order valence-corrected chi connectivity index (χ0v) is 17.2. The lowest BCUT2D eigenvalue weighted by Gasteiger charge is -2.08. The molecule has 3 aromatic carbocycles. The first kappa shape index (κ1) is 21.8. The number of esters is 1. The van der Waals surface area contributed by atoms with Gasteiger partial charge in [-0.2, -0.15) is 0 Å². The molecule has 0 unspecified atom stereocenters. The Morgan fingerprint density at radius 2 is 1.74 bits per heavy atom. The van der Waals surface area contributed by atoms with Gasteiger partial charge in [0.25, 0.3) is 0 Å². The van der Waals surface area contributed by atoms with Crippen LogP contribution in [-0.4, -0.2) is 30.4 Å². The highest BCUT2D eigenvalue weighted by molar-refractivity contribution is 6.30. The summed E-state index contributed by atoms with van der Waals surface area (Å²) in [4.78, 5) is 27.4. The number of aliphatic imine (C=N–C) groups is 1. The van der Waals surface area contributed by atoms with E-state index in [4.69, 9.17) is 26.2 Å². The molecule has 0 aliphatic rings. The molecule has 0 spiro atoms. The average molecular weight is 436 g/mol. The van der Waals surface area contributed by atoms with Crippen LogP contribution in [0.5, 0.6) is 11.5 Å². The molecule has 31 heavy (non-hydrogen) atoms. The molecule has 7 heteroatoms. The van der Waals surface area contributed by atoms with Gasteiger partial charge in [-0.1, -0.05) is 23.7 Å². The van der Waals surface area contributed by atoms with Crippen LogP contribution in [0.1, 0.15) is 21.5 Å². The summed E-state index contributed by atoms with van der Waals surface area (Å²) in [6.07, 6.45) is 4.52. The van der Waals surface area contributed by atoms with Crippen LogP contribution in [-0.2, 0) is 4.79 Å². The van der Waals surface area contributed by atoms with E-state index >= 15 is 0 Å². The number of carboxylic acid groups (broad SMARTS) is 1. The first-order valence-electron chi connectivity index (χ1n) is 9.15. The van der Waals surface area contributed by atoms with Gasteiger partial charge in [-0.05, 0) is 71.8 Å². The van der Waals surface area contributed by atoms with Crippen molar-refractivity contribution < 1.29 is 24.2 Å². The lowest BCUT2D eigenvalue weighted by atomic mass is 10.2. The number of carboxylic acids is 1. The van der Waals surface area contributed by atoms with Crippen molar-refractivity contribution >= 4 is 41.5 Å². The fourth-order valence-corrected chi connectivity index (χ4v) is 2.80. The van der Waals surface area contributed by atoms with Crippen LogP contribution in [0.2, 0.25) is 5.02 Å². The number of benzene rings is 3. The van der Waals surface area contributed by atoms with E-state index in [-0.39, 0.29) is 11.3 Å². The van der Waals surface area contributed by atoms with E-state index < -0.39 is 11.9 Å². The minimum Gasteiger partial charge on any atom is -0.493 e. The molecule has 3 aromatic rings. The molecule has 0 aliphatic heterocycles. The third-order valence-corrected chi connectivity index (χ3v) is 4.37. The average Bonchev–Trinajstić information content (AvgIpc) is 2.77. The summed E-state index contributed by atoms with van der Waals surface area (Å²) >= 11 is 5.93. The van der Waals surface area contributed by atoms with Crippen LogP contribution < -0.4 is 9.47 Å². The second-order valence-electron chi connectivity index (χ2n) is 6.33. The van der Waals surface area contributed by atoms with Gasteiger partial charge < -0.3 is 14.6 Å². The van der Waals surface area contributed by atoms with Crippen LogP contribution >= 0.6 is 11.6 Å². The monoisotopic (exact) mass is 435 g/mol. The number of hydrogen-bond acceptors (Lipinski definition) is 5. The van der Waals surface area contributed by atoms with Crippen molar-refractivity contribution in [3.8, 4) is 11.5 Å². The maximum absolute atomic E-state index is 12.1. The number of aromatic carboxylic acids is 1. The maximum Gasteiger partial charge on any atom is 0.336 e. The van der Waals surface area contributed by atoms with E-state index in [9.17, 15) is 9.59 Å². The molecule has 0 bridgehead atoms. The Kier molecular flexibility index (Phi) is 7.19. The van der Waals surface area contributed by atoms with E-state index in [1.165, 1.54) is 25.3 Å². The van der Waals surface area contributed by atoms with Crippen LogP contribution in [0.4, 0.5) is 5.69 Å². The topological polar surface area (TPSA) is 85.2 Å². The van der Waals surface area contributed by atoms with E-state index in [1.807, 2.05) is 6.07 Å². The van der Waals surface area contributed by atoms with Crippen LogP contribution in [0.3, 0.4) is 0 Å². The Morgan fingerprint density at radius 1 is 0.968 bits per heavy atom. The number of nitrogens with zero attached hydrogens (tertiary/aromatic N) is 1. The number of halogens is 1. The molecule has 0 aromatic heterocycles. The second kappa shape index (κ2) is 10.2. The Hall–Kier alpha value is -3.90. The smallest absolute Gasteiger partial charge is 0.336 e. The number of carbonyl (C=O) groups is 2. The second-order valence-corrected chi connectivity index (χ2v) is 6.77. The lowest BCUT2D eigenvalue weighted by Crippen LogP contribution is -2.05. The van der Waals surface area contributed by atoms with Crippen molar-refractivity contribution in [2.24, 2.45) is 4.99 Å². The Labute approximate surface area is 184 Å². The predicted molar refractivity (Wildman–Crippen MR) is 120 cm³/mol. The van der Waals surface area contributed by atoms with Gasteiger partial charge in [0, 0.05) is 17.3 Å². The fraction of sp³-hybridized carbons (Fsp3) is 0.0417. The van der Waals surface area contributed by atoms with Crippen LogP contribution in [0, 0.1) is 0 Å². The number of carbonyl (C=O) groups excluding carboxylic acids is 1. The molecule has 0 radical (unpaired) electrons. The lowest BCUT2D eigenvalue weighted by molar-refractivity contribution is -0.129. The van der Waals surface area contributed by atoms with Gasteiger partial charge in [0.2, 0.25) is 0 Å². The molecule has 0 atom stereocenters. The molecule has 156 valence electrons. The summed E-state index contributed by atoms with van der Waals surface area (Å²) in [7, 11) is 1.47. The van der Waals surface area contributed by atoms with E-state index in [0.29, 0.717) is 22.0 Å². The van der Waals surface area contributed by atoms with E-state index in [2.05, 4.69) is 4.99 Å². The molecule has 0 amide bonds. The minimum absolute atomic E-state index is 0.191. The van der Waals surface area contributed by atoms with Gasteiger partial charge in [-0.25, -0.2) is 9.59 Å². The SMILES string of the molecule is COc1cc(C=Nc2ccc(C(=O)O)cc2)ccc1OC(=O)/C=C/c1cccc(Cl)c1. The van der Waals surface area contributed by atoms with Gasteiger partial charge in [0.1, 0.15) is 0 Å². The van der Waals surface area contributed by atoms with Gasteiger partial charge >= 0.3 is 11.9 Å². The van der Waals surface area contributed by atoms with E-state index in [1.54, 1.807) is 60.8 Å². The first-order chi connectivity index (χ1) is 14.9. The number of methoxy groups -OCH3 is 1. The molecule has 0 heterocycles. The zero-order chi connectivity index (χ0) is 22.2. The Morgan fingerprint density at radius 3 is 2.42 bits per heavy atom. The summed E-state index contributed by atoms with van der Waals surface area (Å²) < 4.78 is 10.7. The summed E-state index contributed by atoms with van der Waals surface area (Å²) in [6.45, 7) is 0. The normalized spacial score (nSPS) is 11.0. The van der Waals surface area contributed by atoms with Crippen molar-refractivity contribution in [3.63, 3.8) is 0 Å². The molecule has 0 fully saturated rings. The van der Waals surface area contributed by atoms with Crippen molar-refractivity contribution in [2.45, 2.75) is 0 Å². The number of hydrogen-bond donors (Lipinski definition) is 1. The van der Waals surface area contributed by atoms with Crippen molar-refractivity contribution in [2.75, 3.05) is 7.11 Å².